The summed E-state index contributed by atoms with van der Waals surface area (Å²) < 4.78 is 26.9. The summed E-state index contributed by atoms with van der Waals surface area (Å²) in [5.41, 5.74) is 5.67. The molecule has 0 heterocycles. The van der Waals surface area contributed by atoms with Crippen molar-refractivity contribution in [2.45, 2.75) is 4.90 Å². The van der Waals surface area contributed by atoms with Crippen LogP contribution in [0.4, 0.5) is 5.69 Å². The monoisotopic (exact) mass is 377 g/mol. The summed E-state index contributed by atoms with van der Waals surface area (Å²) in [6.45, 7) is -0.519. The predicted octanol–water partition coefficient (Wildman–Crippen LogP) is 0.401. The highest BCUT2D eigenvalue weighted by atomic mass is 32.2. The molecule has 0 aliphatic carbocycles. The summed E-state index contributed by atoms with van der Waals surface area (Å²) in [6, 6.07) is 10.5. The molecular formula is C16H15N3O6S. The molecule has 0 aromatic heterocycles. The van der Waals surface area contributed by atoms with E-state index < -0.39 is 34.4 Å². The van der Waals surface area contributed by atoms with Crippen molar-refractivity contribution in [3.05, 3.63) is 59.7 Å². The van der Waals surface area contributed by atoms with E-state index in [9.17, 15) is 22.8 Å². The number of carbonyl (C=O) groups is 3. The van der Waals surface area contributed by atoms with E-state index in [2.05, 4.69) is 10.0 Å². The van der Waals surface area contributed by atoms with E-state index in [-0.39, 0.29) is 21.7 Å². The summed E-state index contributed by atoms with van der Waals surface area (Å²) in [5, 5.41) is 10.7. The Labute approximate surface area is 148 Å². The molecule has 2 amide bonds. The number of sulfonamides is 1. The van der Waals surface area contributed by atoms with Gasteiger partial charge in [0.2, 0.25) is 5.91 Å². The lowest BCUT2D eigenvalue weighted by atomic mass is 10.2. The molecule has 9 nitrogen and oxygen atoms in total. The second kappa shape index (κ2) is 7.66. The van der Waals surface area contributed by atoms with Gasteiger partial charge in [-0.2, -0.15) is 0 Å². The first-order valence-corrected chi connectivity index (χ1v) is 8.70. The van der Waals surface area contributed by atoms with Gasteiger partial charge >= 0.3 is 5.97 Å². The van der Waals surface area contributed by atoms with Gasteiger partial charge in [0.15, 0.2) is 0 Å². The number of hydrogen-bond acceptors (Lipinski definition) is 5. The first-order chi connectivity index (χ1) is 12.2. The quantitative estimate of drug-likeness (QED) is 0.547. The van der Waals surface area contributed by atoms with Crippen LogP contribution < -0.4 is 15.8 Å². The van der Waals surface area contributed by atoms with Crippen LogP contribution in [-0.2, 0) is 14.8 Å². The third-order valence-corrected chi connectivity index (χ3v) is 4.65. The van der Waals surface area contributed by atoms with Gasteiger partial charge in [-0.1, -0.05) is 0 Å². The molecule has 0 aliphatic heterocycles. The number of amides is 2. The second-order valence-electron chi connectivity index (χ2n) is 5.15. The van der Waals surface area contributed by atoms with Gasteiger partial charge in [-0.05, 0) is 48.5 Å². The highest BCUT2D eigenvalue weighted by Crippen LogP contribution is 2.17. The van der Waals surface area contributed by atoms with Gasteiger partial charge in [-0.15, -0.1) is 0 Å². The molecule has 0 bridgehead atoms. The Morgan fingerprint density at radius 1 is 0.923 bits per heavy atom. The van der Waals surface area contributed by atoms with Gasteiger partial charge in [-0.25, -0.2) is 8.42 Å². The van der Waals surface area contributed by atoms with Crippen LogP contribution in [0.15, 0.2) is 53.4 Å². The fourth-order valence-corrected chi connectivity index (χ4v) is 3.02. The predicted molar refractivity (Wildman–Crippen MR) is 92.2 cm³/mol. The average Bonchev–Trinajstić information content (AvgIpc) is 2.60. The number of primary amides is 1. The van der Waals surface area contributed by atoms with Crippen LogP contribution in [0, 0.1) is 0 Å². The van der Waals surface area contributed by atoms with Crippen molar-refractivity contribution < 1.29 is 27.9 Å². The summed E-state index contributed by atoms with van der Waals surface area (Å²) in [6.07, 6.45) is 0. The molecule has 5 N–H and O–H groups in total. The number of carbonyl (C=O) groups excluding carboxylic acids is 2. The molecule has 0 unspecified atom stereocenters. The fourth-order valence-electron chi connectivity index (χ4n) is 1.96. The number of nitrogens with one attached hydrogen (secondary N) is 2. The molecular weight excluding hydrogens is 362 g/mol. The maximum Gasteiger partial charge on any atom is 0.322 e. The van der Waals surface area contributed by atoms with Crippen LogP contribution in [0.2, 0.25) is 0 Å². The van der Waals surface area contributed by atoms with Crippen molar-refractivity contribution in [1.82, 2.24) is 5.32 Å². The normalized spacial score (nSPS) is 10.8. The van der Waals surface area contributed by atoms with Gasteiger partial charge < -0.3 is 16.2 Å². The Balaban J connectivity index is 2.10. The highest BCUT2D eigenvalue weighted by molar-refractivity contribution is 7.92. The zero-order chi connectivity index (χ0) is 19.3. The lowest BCUT2D eigenvalue weighted by Gasteiger charge is -2.09. The molecule has 136 valence electrons. The Kier molecular flexibility index (Phi) is 5.58. The first-order valence-electron chi connectivity index (χ1n) is 7.22. The fraction of sp³-hybridized carbons (Fsp3) is 0.0625. The minimum absolute atomic E-state index is 0.0641. The van der Waals surface area contributed by atoms with E-state index in [1.807, 2.05) is 0 Å². The average molecular weight is 377 g/mol. The van der Waals surface area contributed by atoms with E-state index >= 15 is 0 Å². The summed E-state index contributed by atoms with van der Waals surface area (Å²) >= 11 is 0. The number of carboxylic acid groups (broad SMARTS) is 1. The molecule has 2 aromatic rings. The van der Waals surface area contributed by atoms with Crippen LogP contribution in [0.1, 0.15) is 20.7 Å². The van der Waals surface area contributed by atoms with E-state index in [4.69, 9.17) is 10.8 Å². The van der Waals surface area contributed by atoms with Crippen molar-refractivity contribution in [2.75, 3.05) is 11.3 Å². The second-order valence-corrected chi connectivity index (χ2v) is 6.83. The molecule has 10 heteroatoms. The number of aliphatic carboxylic acids is 1. The number of carboxylic acids is 1. The molecule has 0 radical (unpaired) electrons. The van der Waals surface area contributed by atoms with Gasteiger partial charge in [0.1, 0.15) is 6.54 Å². The molecule has 26 heavy (non-hydrogen) atoms. The van der Waals surface area contributed by atoms with Crippen molar-refractivity contribution in [3.63, 3.8) is 0 Å². The van der Waals surface area contributed by atoms with Gasteiger partial charge in [-0.3, -0.25) is 19.1 Å². The molecule has 0 saturated heterocycles. The maximum atomic E-state index is 12.3. The Hall–Kier alpha value is -3.40. The molecule has 0 saturated carbocycles. The molecule has 2 rings (SSSR count). The number of hydrogen-bond donors (Lipinski definition) is 4. The zero-order valence-corrected chi connectivity index (χ0v) is 14.1. The van der Waals surface area contributed by atoms with Crippen molar-refractivity contribution in [1.29, 1.82) is 0 Å². The highest BCUT2D eigenvalue weighted by Gasteiger charge is 2.15. The summed E-state index contributed by atoms with van der Waals surface area (Å²) in [5.74, 6) is -2.44. The summed E-state index contributed by atoms with van der Waals surface area (Å²) in [4.78, 5) is 33.1. The Bertz CT molecular complexity index is 937. The van der Waals surface area contributed by atoms with Crippen molar-refractivity contribution in [2.24, 2.45) is 5.73 Å². The Morgan fingerprint density at radius 3 is 1.96 bits per heavy atom. The van der Waals surface area contributed by atoms with E-state index in [1.54, 1.807) is 0 Å². The zero-order valence-electron chi connectivity index (χ0n) is 13.3. The molecule has 0 fully saturated rings. The van der Waals surface area contributed by atoms with Crippen molar-refractivity contribution in [3.8, 4) is 0 Å². The van der Waals surface area contributed by atoms with Crippen LogP contribution in [0.3, 0.4) is 0 Å². The largest absolute Gasteiger partial charge is 0.480 e. The molecule has 0 spiro atoms. The third kappa shape index (κ3) is 4.80. The van der Waals surface area contributed by atoms with Crippen LogP contribution in [0.25, 0.3) is 0 Å². The van der Waals surface area contributed by atoms with Gasteiger partial charge in [0, 0.05) is 16.8 Å². The van der Waals surface area contributed by atoms with E-state index in [1.165, 1.54) is 48.5 Å². The molecule has 0 aliphatic rings. The van der Waals surface area contributed by atoms with E-state index in [0.29, 0.717) is 0 Å². The number of nitrogens with two attached hydrogens (primary N) is 1. The smallest absolute Gasteiger partial charge is 0.322 e. The standard InChI is InChI=1S/C16H15N3O6S/c17-15(22)10-3-7-13(8-4-10)26(24,25)19-12-5-1-11(2-6-12)16(23)18-9-14(20)21/h1-8,19H,9H2,(H2,17,22)(H,18,23)(H,20,21). The molecule has 0 atom stereocenters. The third-order valence-electron chi connectivity index (χ3n) is 3.25. The first kappa shape index (κ1) is 18.9. The number of anilines is 1. The minimum atomic E-state index is -3.89. The summed E-state index contributed by atoms with van der Waals surface area (Å²) in [7, 11) is -3.89. The van der Waals surface area contributed by atoms with Crippen molar-refractivity contribution >= 4 is 33.5 Å². The number of benzene rings is 2. The SMILES string of the molecule is NC(=O)c1ccc(S(=O)(=O)Nc2ccc(C(=O)NCC(=O)O)cc2)cc1. The Morgan fingerprint density at radius 2 is 1.46 bits per heavy atom. The van der Waals surface area contributed by atoms with Gasteiger partial charge in [0.25, 0.3) is 15.9 Å². The lowest BCUT2D eigenvalue weighted by Crippen LogP contribution is -2.29. The number of rotatable bonds is 7. The maximum absolute atomic E-state index is 12.3. The lowest BCUT2D eigenvalue weighted by molar-refractivity contribution is -0.135. The van der Waals surface area contributed by atoms with Crippen LogP contribution in [-0.4, -0.2) is 37.9 Å². The topological polar surface area (TPSA) is 156 Å². The van der Waals surface area contributed by atoms with Crippen LogP contribution >= 0.6 is 0 Å². The minimum Gasteiger partial charge on any atom is -0.480 e. The van der Waals surface area contributed by atoms with Crippen LogP contribution in [0.5, 0.6) is 0 Å². The van der Waals surface area contributed by atoms with E-state index in [0.717, 1.165) is 0 Å². The van der Waals surface area contributed by atoms with Gasteiger partial charge in [0.05, 0.1) is 4.90 Å². The molecule has 2 aromatic carbocycles.